The van der Waals surface area contributed by atoms with E-state index in [2.05, 4.69) is 47.6 Å². The van der Waals surface area contributed by atoms with Crippen LogP contribution in [0.25, 0.3) is 0 Å². The monoisotopic (exact) mass is 391 g/mol. The quantitative estimate of drug-likeness (QED) is 0.647. The topological polar surface area (TPSA) is 77.2 Å². The van der Waals surface area contributed by atoms with Crippen LogP contribution >= 0.6 is 11.8 Å². The maximum absolute atomic E-state index is 12.2. The minimum atomic E-state index is -0.562. The lowest BCUT2D eigenvalue weighted by atomic mass is 9.99. The van der Waals surface area contributed by atoms with Crippen molar-refractivity contribution in [1.29, 1.82) is 0 Å². The molecule has 1 aromatic carbocycles. The normalized spacial score (nSPS) is 13.9. The number of carbonyl (C=O) groups is 1. The average molecular weight is 392 g/mol. The van der Waals surface area contributed by atoms with Crippen molar-refractivity contribution >= 4 is 17.9 Å². The summed E-state index contributed by atoms with van der Waals surface area (Å²) < 4.78 is 11.2. The summed E-state index contributed by atoms with van der Waals surface area (Å²) in [5, 5.41) is 11.6. The molecule has 1 N–H and O–H groups in total. The molecule has 6 nitrogen and oxygen atoms in total. The summed E-state index contributed by atoms with van der Waals surface area (Å²) in [4.78, 5) is 12.2. The number of thioether (sulfide) groups is 1. The first-order valence-corrected chi connectivity index (χ1v) is 10.2. The van der Waals surface area contributed by atoms with Crippen molar-refractivity contribution in [2.75, 3.05) is 0 Å². The molecule has 0 saturated heterocycles. The lowest BCUT2D eigenvalue weighted by Crippen LogP contribution is -2.37. The van der Waals surface area contributed by atoms with Crippen LogP contribution in [0, 0.1) is 12.8 Å². The molecule has 0 spiro atoms. The molecule has 0 bridgehead atoms. The van der Waals surface area contributed by atoms with Crippen molar-refractivity contribution in [3.8, 4) is 0 Å². The molecule has 1 amide bonds. The van der Waals surface area contributed by atoms with Crippen molar-refractivity contribution in [2.24, 2.45) is 5.92 Å². The van der Waals surface area contributed by atoms with Crippen LogP contribution < -0.4 is 5.32 Å². The summed E-state index contributed by atoms with van der Waals surface area (Å²) in [7, 11) is 0. The fourth-order valence-electron chi connectivity index (χ4n) is 2.47. The van der Waals surface area contributed by atoms with E-state index in [-0.39, 0.29) is 12.0 Å². The van der Waals surface area contributed by atoms with Gasteiger partial charge in [0.2, 0.25) is 5.89 Å². The summed E-state index contributed by atoms with van der Waals surface area (Å²) in [6, 6.07) is 7.93. The number of nitrogens with zero attached hydrogens (tertiary/aromatic N) is 2. The van der Waals surface area contributed by atoms with Gasteiger partial charge in [-0.25, -0.2) is 4.79 Å². The first-order chi connectivity index (χ1) is 12.7. The van der Waals surface area contributed by atoms with Crippen molar-refractivity contribution in [3.63, 3.8) is 0 Å². The predicted molar refractivity (Wildman–Crippen MR) is 107 cm³/mol. The molecule has 27 heavy (non-hydrogen) atoms. The summed E-state index contributed by atoms with van der Waals surface area (Å²) >= 11 is 1.48. The number of rotatable bonds is 7. The molecule has 0 aliphatic rings. The number of alkyl carbamates (subject to hydrolysis) is 1. The Morgan fingerprint density at radius 1 is 1.33 bits per heavy atom. The number of hydrogen-bond acceptors (Lipinski definition) is 6. The Hall–Kier alpha value is -2.02. The van der Waals surface area contributed by atoms with Crippen LogP contribution in [0.15, 0.2) is 33.9 Å². The summed E-state index contributed by atoms with van der Waals surface area (Å²) in [6.45, 7) is 11.6. The highest BCUT2D eigenvalue weighted by molar-refractivity contribution is 7.98. The number of benzene rings is 1. The Balaban J connectivity index is 2.05. The molecule has 0 fully saturated rings. The molecule has 2 unspecified atom stereocenters. The lowest BCUT2D eigenvalue weighted by molar-refractivity contribution is 0.0474. The zero-order valence-corrected chi connectivity index (χ0v) is 17.7. The van der Waals surface area contributed by atoms with Gasteiger partial charge in [0.1, 0.15) is 11.6 Å². The third-order valence-electron chi connectivity index (χ3n) is 4.02. The van der Waals surface area contributed by atoms with Crippen molar-refractivity contribution < 1.29 is 13.9 Å². The number of hydrogen-bond donors (Lipinski definition) is 1. The second-order valence-corrected chi connectivity index (χ2v) is 8.62. The van der Waals surface area contributed by atoms with Gasteiger partial charge in [0, 0.05) is 5.75 Å². The Bertz CT molecular complexity index is 755. The summed E-state index contributed by atoms with van der Waals surface area (Å²) in [6.07, 6.45) is 0.370. The summed E-state index contributed by atoms with van der Waals surface area (Å²) in [5.74, 6) is 1.28. The molecule has 0 saturated carbocycles. The van der Waals surface area contributed by atoms with E-state index < -0.39 is 11.7 Å². The molecule has 0 aliphatic carbocycles. The average Bonchev–Trinajstić information content (AvgIpc) is 3.04. The zero-order valence-electron chi connectivity index (χ0n) is 16.9. The maximum atomic E-state index is 12.2. The number of ether oxygens (including phenoxy) is 1. The third-order valence-corrected chi connectivity index (χ3v) is 4.91. The molecule has 1 heterocycles. The van der Waals surface area contributed by atoms with Crippen molar-refractivity contribution in [2.45, 2.75) is 70.6 Å². The first-order valence-electron chi connectivity index (χ1n) is 9.19. The van der Waals surface area contributed by atoms with Gasteiger partial charge in [-0.15, -0.1) is 10.2 Å². The minimum absolute atomic E-state index is 0.132. The van der Waals surface area contributed by atoms with Crippen LogP contribution in [0.4, 0.5) is 4.79 Å². The van der Waals surface area contributed by atoms with Gasteiger partial charge in [0.25, 0.3) is 5.22 Å². The highest BCUT2D eigenvalue weighted by atomic mass is 32.2. The smallest absolute Gasteiger partial charge is 0.408 e. The van der Waals surface area contributed by atoms with E-state index in [1.165, 1.54) is 22.9 Å². The molecular formula is C20H29N3O3S. The fraction of sp³-hybridized carbons (Fsp3) is 0.550. The second-order valence-electron chi connectivity index (χ2n) is 7.69. The van der Waals surface area contributed by atoms with Crippen LogP contribution in [0.2, 0.25) is 0 Å². The molecule has 1 aromatic heterocycles. The molecule has 0 radical (unpaired) electrons. The van der Waals surface area contributed by atoms with Gasteiger partial charge in [-0.2, -0.15) is 0 Å². The molecule has 148 valence electrons. The lowest BCUT2D eigenvalue weighted by Gasteiger charge is -2.24. The maximum Gasteiger partial charge on any atom is 0.408 e. The number of aryl methyl sites for hydroxylation is 1. The Labute approximate surface area is 165 Å². The predicted octanol–water partition coefficient (Wildman–Crippen LogP) is 5.28. The van der Waals surface area contributed by atoms with Crippen LogP contribution in [0.5, 0.6) is 0 Å². The number of amides is 1. The van der Waals surface area contributed by atoms with Gasteiger partial charge in [-0.05, 0) is 39.2 Å². The van der Waals surface area contributed by atoms with E-state index in [0.29, 0.717) is 11.1 Å². The number of carbonyl (C=O) groups excluding carboxylic acids is 1. The Morgan fingerprint density at radius 3 is 2.70 bits per heavy atom. The largest absolute Gasteiger partial charge is 0.444 e. The van der Waals surface area contributed by atoms with Gasteiger partial charge >= 0.3 is 6.09 Å². The van der Waals surface area contributed by atoms with Crippen molar-refractivity contribution in [3.05, 3.63) is 41.3 Å². The van der Waals surface area contributed by atoms with Gasteiger partial charge in [0.15, 0.2) is 0 Å². The van der Waals surface area contributed by atoms with E-state index in [1.807, 2.05) is 33.8 Å². The Morgan fingerprint density at radius 2 is 2.07 bits per heavy atom. The second kappa shape index (κ2) is 9.26. The molecule has 2 rings (SSSR count). The van der Waals surface area contributed by atoms with E-state index in [1.54, 1.807) is 0 Å². The van der Waals surface area contributed by atoms with Gasteiger partial charge < -0.3 is 14.5 Å². The van der Waals surface area contributed by atoms with Crippen LogP contribution in [-0.4, -0.2) is 21.9 Å². The minimum Gasteiger partial charge on any atom is -0.444 e. The number of aromatic nitrogens is 2. The van der Waals surface area contributed by atoms with Crippen molar-refractivity contribution in [1.82, 2.24) is 15.5 Å². The van der Waals surface area contributed by atoms with Crippen LogP contribution in [0.3, 0.4) is 0 Å². The third kappa shape index (κ3) is 6.90. The Kier molecular flexibility index (Phi) is 7.30. The molecule has 7 heteroatoms. The van der Waals surface area contributed by atoms with Gasteiger partial charge in [-0.1, -0.05) is 61.9 Å². The van der Waals surface area contributed by atoms with E-state index in [9.17, 15) is 4.79 Å². The molecule has 2 atom stereocenters. The molecule has 0 aliphatic heterocycles. The highest BCUT2D eigenvalue weighted by Crippen LogP contribution is 2.28. The standard InChI is InChI=1S/C20H29N3O3S/c1-7-14(3)16(21-18(24)26-20(4,5)6)17-22-23-19(25-17)27-12-15-10-8-9-13(2)11-15/h8-11,14,16H,7,12H2,1-6H3,(H,21,24). The van der Waals surface area contributed by atoms with Crippen LogP contribution in [0.1, 0.15) is 64.1 Å². The van der Waals surface area contributed by atoms with E-state index in [4.69, 9.17) is 9.15 Å². The van der Waals surface area contributed by atoms with E-state index >= 15 is 0 Å². The summed E-state index contributed by atoms with van der Waals surface area (Å²) in [5.41, 5.74) is 1.86. The zero-order chi connectivity index (χ0) is 20.0. The van der Waals surface area contributed by atoms with Gasteiger partial charge in [-0.3, -0.25) is 0 Å². The fourth-order valence-corrected chi connectivity index (χ4v) is 3.18. The van der Waals surface area contributed by atoms with Crippen LogP contribution in [-0.2, 0) is 10.5 Å². The molecular weight excluding hydrogens is 362 g/mol. The van der Waals surface area contributed by atoms with Gasteiger partial charge in [0.05, 0.1) is 0 Å². The number of nitrogens with one attached hydrogen (secondary N) is 1. The first kappa shape index (κ1) is 21.3. The highest BCUT2D eigenvalue weighted by Gasteiger charge is 2.28. The molecule has 2 aromatic rings. The van der Waals surface area contributed by atoms with E-state index in [0.717, 1.165) is 12.2 Å². The SMILES string of the molecule is CCC(C)C(NC(=O)OC(C)(C)C)c1nnc(SCc2cccc(C)c2)o1.